The van der Waals surface area contributed by atoms with Crippen LogP contribution in [-0.4, -0.2) is 78.7 Å². The van der Waals surface area contributed by atoms with E-state index in [-0.39, 0.29) is 42.5 Å². The number of methoxy groups -OCH3 is 1. The second-order valence-corrected chi connectivity index (χ2v) is 12.0. The van der Waals surface area contributed by atoms with Crippen molar-refractivity contribution in [2.45, 2.75) is 58.6 Å². The van der Waals surface area contributed by atoms with Crippen molar-refractivity contribution in [3.63, 3.8) is 0 Å². The van der Waals surface area contributed by atoms with Gasteiger partial charge >= 0.3 is 5.97 Å². The first-order chi connectivity index (χ1) is 20.7. The highest BCUT2D eigenvalue weighted by Crippen LogP contribution is 2.32. The Kier molecular flexibility index (Phi) is 11.7. The van der Waals surface area contributed by atoms with Gasteiger partial charge in [0.25, 0.3) is 5.91 Å². The Morgan fingerprint density at radius 2 is 1.82 bits per heavy atom. The Labute approximate surface area is 257 Å². The molecule has 0 aliphatic carbocycles. The van der Waals surface area contributed by atoms with Crippen molar-refractivity contribution < 1.29 is 32.2 Å². The largest absolute Gasteiger partial charge is 0.465 e. The lowest BCUT2D eigenvalue weighted by molar-refractivity contribution is -0.166. The first-order valence-corrected chi connectivity index (χ1v) is 14.6. The van der Waals surface area contributed by atoms with Gasteiger partial charge in [-0.05, 0) is 76.1 Å². The number of aromatic nitrogens is 2. The molecule has 2 aliphatic heterocycles. The molecule has 0 unspecified atom stereocenters. The van der Waals surface area contributed by atoms with E-state index in [2.05, 4.69) is 49.0 Å². The number of anilines is 1. The fourth-order valence-corrected chi connectivity index (χ4v) is 4.87. The Hall–Kier alpha value is -3.70. The summed E-state index contributed by atoms with van der Waals surface area (Å²) in [5.41, 5.74) is 3.38. The monoisotopic (exact) mass is 616 g/mol. The Balaban J connectivity index is 0.000000240. The Bertz CT molecular complexity index is 1390. The third kappa shape index (κ3) is 8.69. The minimum atomic E-state index is -1.40. The van der Waals surface area contributed by atoms with Crippen LogP contribution in [0.3, 0.4) is 0 Å². The van der Waals surface area contributed by atoms with Gasteiger partial charge in [-0.2, -0.15) is 5.10 Å². The second kappa shape index (κ2) is 14.9. The molecule has 1 aromatic carbocycles. The highest BCUT2D eigenvalue weighted by atomic mass is 19.2. The number of benzene rings is 1. The number of carbonyl (C=O) groups excluding carboxylic acids is 2. The molecule has 44 heavy (non-hydrogen) atoms. The summed E-state index contributed by atoms with van der Waals surface area (Å²) in [6.07, 6.45) is 5.48. The lowest BCUT2D eigenvalue weighted by atomic mass is 9.91. The number of allylic oxidation sites excluding steroid dienone is 5. The maximum absolute atomic E-state index is 13.0. The molecule has 2 aromatic rings. The molecule has 2 saturated heterocycles. The molecule has 0 N–H and O–H groups in total. The van der Waals surface area contributed by atoms with E-state index in [4.69, 9.17) is 4.74 Å². The SMILES string of the molecule is C=C(/C=C\CC/C(F)=C(/F)CF)c1nn(C(C)(C)C)cc1C.CCN1CC2(C1)CN(c1ccc(C(=O)OC)cc1)C(=O)CO2. The molecular formula is C33H43F3N4O4. The number of morpholine rings is 1. The summed E-state index contributed by atoms with van der Waals surface area (Å²) in [4.78, 5) is 27.6. The molecule has 0 bridgehead atoms. The van der Waals surface area contributed by atoms with Crippen molar-refractivity contribution in [1.29, 1.82) is 0 Å². The number of halogens is 3. The van der Waals surface area contributed by atoms with Gasteiger partial charge in [-0.25, -0.2) is 18.0 Å². The fraction of sp³-hybridized carbons (Fsp3) is 0.485. The minimum Gasteiger partial charge on any atom is -0.465 e. The van der Waals surface area contributed by atoms with E-state index in [1.807, 2.05) is 17.8 Å². The van der Waals surface area contributed by atoms with E-state index in [0.29, 0.717) is 17.7 Å². The van der Waals surface area contributed by atoms with Gasteiger partial charge in [-0.3, -0.25) is 14.4 Å². The summed E-state index contributed by atoms with van der Waals surface area (Å²) in [7, 11) is 1.35. The molecular weight excluding hydrogens is 573 g/mol. The Morgan fingerprint density at radius 3 is 2.36 bits per heavy atom. The molecule has 4 rings (SSSR count). The van der Waals surface area contributed by atoms with Crippen LogP contribution in [0.25, 0.3) is 5.57 Å². The van der Waals surface area contributed by atoms with Gasteiger partial charge in [0.05, 0.1) is 30.5 Å². The molecule has 1 amide bonds. The van der Waals surface area contributed by atoms with E-state index in [0.717, 1.165) is 36.6 Å². The maximum atomic E-state index is 13.0. The van der Waals surface area contributed by atoms with Crippen molar-refractivity contribution in [3.05, 3.63) is 77.7 Å². The van der Waals surface area contributed by atoms with Crippen LogP contribution in [0.15, 0.2) is 60.8 Å². The van der Waals surface area contributed by atoms with Gasteiger partial charge in [0.15, 0.2) is 5.83 Å². The number of likely N-dealkylation sites (tertiary alicyclic amines) is 1. The van der Waals surface area contributed by atoms with Crippen LogP contribution in [0.1, 0.15) is 62.2 Å². The quantitative estimate of drug-likeness (QED) is 0.242. The van der Waals surface area contributed by atoms with E-state index in [1.165, 1.54) is 7.11 Å². The van der Waals surface area contributed by atoms with Crippen LogP contribution in [0.4, 0.5) is 18.9 Å². The zero-order valence-corrected chi connectivity index (χ0v) is 26.5. The molecule has 0 atom stereocenters. The van der Waals surface area contributed by atoms with Crippen molar-refractivity contribution in [2.24, 2.45) is 0 Å². The summed E-state index contributed by atoms with van der Waals surface area (Å²) >= 11 is 0. The van der Waals surface area contributed by atoms with Crippen molar-refractivity contribution >= 4 is 23.1 Å². The zero-order valence-electron chi connectivity index (χ0n) is 26.5. The lowest BCUT2D eigenvalue weighted by Crippen LogP contribution is -2.71. The first kappa shape index (κ1) is 34.8. The third-order valence-electron chi connectivity index (χ3n) is 7.47. The van der Waals surface area contributed by atoms with Gasteiger partial charge in [0.1, 0.15) is 24.7 Å². The number of aryl methyl sites for hydroxylation is 1. The minimum absolute atomic E-state index is 0.0496. The molecule has 11 heteroatoms. The van der Waals surface area contributed by atoms with Gasteiger partial charge in [0, 0.05) is 31.4 Å². The zero-order chi connectivity index (χ0) is 32.7. The number of amides is 1. The molecule has 0 radical (unpaired) electrons. The summed E-state index contributed by atoms with van der Waals surface area (Å²) in [5, 5.41) is 4.51. The van der Waals surface area contributed by atoms with Crippen LogP contribution in [-0.2, 0) is 19.8 Å². The van der Waals surface area contributed by atoms with Crippen molar-refractivity contribution in [1.82, 2.24) is 14.7 Å². The highest BCUT2D eigenvalue weighted by Gasteiger charge is 2.48. The maximum Gasteiger partial charge on any atom is 0.337 e. The van der Waals surface area contributed by atoms with Crippen LogP contribution in [0, 0.1) is 6.92 Å². The van der Waals surface area contributed by atoms with Gasteiger partial charge in [-0.15, -0.1) is 0 Å². The number of carbonyl (C=O) groups is 2. The van der Waals surface area contributed by atoms with E-state index >= 15 is 0 Å². The van der Waals surface area contributed by atoms with Gasteiger partial charge in [0.2, 0.25) is 0 Å². The predicted molar refractivity (Wildman–Crippen MR) is 166 cm³/mol. The molecule has 1 spiro atoms. The number of hydrogen-bond donors (Lipinski definition) is 0. The standard InChI is InChI=1S/C17H23F3N2.C16H20N2O4/c1-12(8-6-7-9-14(19)15(20)10-18)16-13(2)11-22(21-16)17(3,4)5;1-3-17-9-16(10-17)11-18(14(19)8-22-16)13-6-4-12(5-7-13)15(20)21-2/h6,8,11H,1,7,9-10H2,2-5H3;4-7H,3,8-11H2,1-2H3/b8-6-,15-14-;. The summed E-state index contributed by atoms with van der Waals surface area (Å²) in [6, 6.07) is 6.91. The van der Waals surface area contributed by atoms with E-state index in [1.54, 1.807) is 41.3 Å². The summed E-state index contributed by atoms with van der Waals surface area (Å²) in [6.45, 7) is 16.1. The number of alkyl halides is 1. The topological polar surface area (TPSA) is 76.9 Å². The number of hydrogen-bond acceptors (Lipinski definition) is 6. The van der Waals surface area contributed by atoms with Crippen molar-refractivity contribution in [2.75, 3.05) is 51.5 Å². The predicted octanol–water partition coefficient (Wildman–Crippen LogP) is 6.33. The molecule has 240 valence electrons. The molecule has 2 aliphatic rings. The first-order valence-electron chi connectivity index (χ1n) is 14.6. The smallest absolute Gasteiger partial charge is 0.337 e. The van der Waals surface area contributed by atoms with E-state index in [9.17, 15) is 22.8 Å². The van der Waals surface area contributed by atoms with Crippen molar-refractivity contribution in [3.8, 4) is 0 Å². The molecule has 2 fully saturated rings. The normalized spacial score (nSPS) is 17.2. The number of ether oxygens (including phenoxy) is 2. The lowest BCUT2D eigenvalue weighted by Gasteiger charge is -2.53. The average molecular weight is 617 g/mol. The number of rotatable bonds is 9. The van der Waals surface area contributed by atoms with Gasteiger partial charge < -0.3 is 14.4 Å². The van der Waals surface area contributed by atoms with Crippen LogP contribution < -0.4 is 4.90 Å². The second-order valence-electron chi connectivity index (χ2n) is 12.0. The molecule has 8 nitrogen and oxygen atoms in total. The summed E-state index contributed by atoms with van der Waals surface area (Å²) in [5.74, 6) is -2.79. The summed E-state index contributed by atoms with van der Waals surface area (Å²) < 4.78 is 49.9. The van der Waals surface area contributed by atoms with E-state index < -0.39 is 18.3 Å². The molecule has 1 aromatic heterocycles. The highest BCUT2D eigenvalue weighted by molar-refractivity contribution is 5.96. The fourth-order valence-electron chi connectivity index (χ4n) is 4.87. The third-order valence-corrected chi connectivity index (χ3v) is 7.47. The molecule has 3 heterocycles. The Morgan fingerprint density at radius 1 is 1.16 bits per heavy atom. The average Bonchev–Trinajstić information content (AvgIpc) is 3.40. The molecule has 0 saturated carbocycles. The number of likely N-dealkylation sites (N-methyl/N-ethyl adjacent to an activating group) is 1. The van der Waals surface area contributed by atoms with Crippen LogP contribution in [0.2, 0.25) is 0 Å². The van der Waals surface area contributed by atoms with Gasteiger partial charge in [-0.1, -0.05) is 25.7 Å². The number of nitrogens with zero attached hydrogens (tertiary/aromatic N) is 4. The van der Waals surface area contributed by atoms with Crippen LogP contribution >= 0.6 is 0 Å². The number of esters is 1. The van der Waals surface area contributed by atoms with Crippen LogP contribution in [0.5, 0.6) is 0 Å².